The molecule has 0 saturated carbocycles. The highest BCUT2D eigenvalue weighted by molar-refractivity contribution is 6.18. The molecule has 4 nitrogen and oxygen atoms in total. The van der Waals surface area contributed by atoms with E-state index in [-0.39, 0.29) is 5.78 Å². The minimum atomic E-state index is -0.0426. The number of aromatic amines is 1. The Balaban J connectivity index is 2.14. The summed E-state index contributed by atoms with van der Waals surface area (Å²) in [5.41, 5.74) is 2.13. The molecule has 0 aliphatic heterocycles. The Labute approximate surface area is 122 Å². The first-order chi connectivity index (χ1) is 10.3. The average Bonchev–Trinajstić information content (AvgIpc) is 3.14. The van der Waals surface area contributed by atoms with E-state index in [1.54, 1.807) is 18.5 Å². The van der Waals surface area contributed by atoms with Gasteiger partial charge in [-0.25, -0.2) is 0 Å². The fraction of sp³-hybridized carbons (Fsp3) is 0.235. The number of aromatic nitrogens is 1. The largest absolute Gasteiger partial charge is 0.493 e. The number of ether oxygens (including phenoxy) is 1. The maximum Gasteiger partial charge on any atom is 0.198 e. The van der Waals surface area contributed by atoms with Crippen molar-refractivity contribution in [3.8, 4) is 5.75 Å². The van der Waals surface area contributed by atoms with Crippen LogP contribution in [0.3, 0.4) is 0 Å². The van der Waals surface area contributed by atoms with Crippen LogP contribution in [0.1, 0.15) is 35.5 Å². The summed E-state index contributed by atoms with van der Waals surface area (Å²) in [6, 6.07) is 7.45. The minimum absolute atomic E-state index is 0.0426. The van der Waals surface area contributed by atoms with E-state index in [1.807, 2.05) is 32.0 Å². The molecule has 3 rings (SSSR count). The van der Waals surface area contributed by atoms with Gasteiger partial charge in [0.05, 0.1) is 29.4 Å². The second-order valence-electron chi connectivity index (χ2n) is 4.75. The smallest absolute Gasteiger partial charge is 0.198 e. The monoisotopic (exact) mass is 283 g/mol. The molecule has 4 heteroatoms. The van der Waals surface area contributed by atoms with Gasteiger partial charge < -0.3 is 14.1 Å². The van der Waals surface area contributed by atoms with Gasteiger partial charge in [-0.1, -0.05) is 13.0 Å². The number of hydrogen-bond acceptors (Lipinski definition) is 3. The van der Waals surface area contributed by atoms with E-state index in [1.165, 1.54) is 0 Å². The van der Waals surface area contributed by atoms with Crippen molar-refractivity contribution < 1.29 is 13.9 Å². The van der Waals surface area contributed by atoms with Gasteiger partial charge in [-0.3, -0.25) is 4.79 Å². The number of ketones is 1. The quantitative estimate of drug-likeness (QED) is 0.721. The Bertz CT molecular complexity index is 782. The number of H-pyrrole nitrogens is 1. The zero-order chi connectivity index (χ0) is 14.8. The predicted octanol–water partition coefficient (Wildman–Crippen LogP) is 3.95. The van der Waals surface area contributed by atoms with Gasteiger partial charge in [-0.15, -0.1) is 0 Å². The van der Waals surface area contributed by atoms with Crippen LogP contribution in [0.15, 0.2) is 41.1 Å². The van der Waals surface area contributed by atoms with Gasteiger partial charge >= 0.3 is 0 Å². The second-order valence-corrected chi connectivity index (χ2v) is 4.75. The normalized spacial score (nSPS) is 11.0. The van der Waals surface area contributed by atoms with Crippen molar-refractivity contribution in [3.63, 3.8) is 0 Å². The van der Waals surface area contributed by atoms with Gasteiger partial charge in [-0.05, 0) is 25.1 Å². The Hall–Kier alpha value is -2.49. The SMILES string of the molecule is CCOc1cccc2[nH]cc(C(=O)c3ccoc3CC)c12. The first-order valence-electron chi connectivity index (χ1n) is 7.10. The summed E-state index contributed by atoms with van der Waals surface area (Å²) in [7, 11) is 0. The zero-order valence-corrected chi connectivity index (χ0v) is 12.1. The van der Waals surface area contributed by atoms with E-state index >= 15 is 0 Å². The molecule has 0 amide bonds. The molecule has 0 radical (unpaired) electrons. The Morgan fingerprint density at radius 2 is 2.10 bits per heavy atom. The highest BCUT2D eigenvalue weighted by atomic mass is 16.5. The number of carbonyl (C=O) groups excluding carboxylic acids is 1. The standard InChI is InChI=1S/C17H17NO3/c1-3-14-11(8-9-21-14)17(19)12-10-18-13-6-5-7-15(16(12)13)20-4-2/h5-10,18H,3-4H2,1-2H3. The molecule has 1 N–H and O–H groups in total. The van der Waals surface area contributed by atoms with E-state index in [0.717, 1.165) is 16.7 Å². The maximum absolute atomic E-state index is 12.8. The molecule has 0 saturated heterocycles. The maximum atomic E-state index is 12.8. The summed E-state index contributed by atoms with van der Waals surface area (Å²) in [6.45, 7) is 4.46. The van der Waals surface area contributed by atoms with Crippen LogP contribution in [0.2, 0.25) is 0 Å². The highest BCUT2D eigenvalue weighted by Gasteiger charge is 2.20. The first kappa shape index (κ1) is 13.5. The Morgan fingerprint density at radius 3 is 2.86 bits per heavy atom. The molecule has 2 aromatic heterocycles. The van der Waals surface area contributed by atoms with Crippen LogP contribution < -0.4 is 4.74 Å². The van der Waals surface area contributed by atoms with Crippen LogP contribution in [-0.4, -0.2) is 17.4 Å². The van der Waals surface area contributed by atoms with Crippen LogP contribution in [0.4, 0.5) is 0 Å². The van der Waals surface area contributed by atoms with E-state index in [2.05, 4.69) is 4.98 Å². The number of benzene rings is 1. The lowest BCUT2D eigenvalue weighted by Crippen LogP contribution is -2.03. The van der Waals surface area contributed by atoms with Gasteiger partial charge in [0.25, 0.3) is 0 Å². The molecule has 1 aromatic carbocycles. The number of nitrogens with one attached hydrogen (secondary N) is 1. The molecule has 3 aromatic rings. The highest BCUT2D eigenvalue weighted by Crippen LogP contribution is 2.31. The summed E-state index contributed by atoms with van der Waals surface area (Å²) in [5, 5.41) is 0.826. The van der Waals surface area contributed by atoms with Crippen LogP contribution in [0.25, 0.3) is 10.9 Å². The number of carbonyl (C=O) groups is 1. The van der Waals surface area contributed by atoms with Crippen LogP contribution in [0, 0.1) is 0 Å². The fourth-order valence-corrected chi connectivity index (χ4v) is 2.57. The van der Waals surface area contributed by atoms with Crippen molar-refractivity contribution in [2.75, 3.05) is 6.61 Å². The average molecular weight is 283 g/mol. The second kappa shape index (κ2) is 5.48. The molecule has 2 heterocycles. The summed E-state index contributed by atoms with van der Waals surface area (Å²) in [6.07, 6.45) is 3.99. The van der Waals surface area contributed by atoms with Gasteiger partial charge in [-0.2, -0.15) is 0 Å². The summed E-state index contributed by atoms with van der Waals surface area (Å²) in [5.74, 6) is 1.39. The van der Waals surface area contributed by atoms with Gasteiger partial charge in [0.15, 0.2) is 5.78 Å². The van der Waals surface area contributed by atoms with Crippen molar-refractivity contribution in [1.82, 2.24) is 4.98 Å². The molecule has 0 spiro atoms. The molecule has 0 unspecified atom stereocenters. The number of fused-ring (bicyclic) bond motifs is 1. The third kappa shape index (κ3) is 2.23. The molecule has 0 bridgehead atoms. The molecule has 0 aliphatic carbocycles. The lowest BCUT2D eigenvalue weighted by atomic mass is 10.0. The van der Waals surface area contributed by atoms with Crippen molar-refractivity contribution >= 4 is 16.7 Å². The van der Waals surface area contributed by atoms with Crippen LogP contribution in [-0.2, 0) is 6.42 Å². The van der Waals surface area contributed by atoms with Crippen molar-refractivity contribution in [2.24, 2.45) is 0 Å². The van der Waals surface area contributed by atoms with Gasteiger partial charge in [0.2, 0.25) is 0 Å². The number of furan rings is 1. The summed E-state index contributed by atoms with van der Waals surface area (Å²) >= 11 is 0. The van der Waals surface area contributed by atoms with Crippen molar-refractivity contribution in [2.45, 2.75) is 20.3 Å². The van der Waals surface area contributed by atoms with Crippen LogP contribution >= 0.6 is 0 Å². The molecule has 21 heavy (non-hydrogen) atoms. The lowest BCUT2D eigenvalue weighted by molar-refractivity contribution is 0.103. The Morgan fingerprint density at radius 1 is 1.24 bits per heavy atom. The predicted molar refractivity (Wildman–Crippen MR) is 81.0 cm³/mol. The fourth-order valence-electron chi connectivity index (χ4n) is 2.57. The van der Waals surface area contributed by atoms with E-state index in [0.29, 0.717) is 29.9 Å². The summed E-state index contributed by atoms with van der Waals surface area (Å²) in [4.78, 5) is 15.9. The molecular formula is C17H17NO3. The number of hydrogen-bond donors (Lipinski definition) is 1. The topological polar surface area (TPSA) is 55.2 Å². The van der Waals surface area contributed by atoms with Gasteiger partial charge in [0.1, 0.15) is 11.5 Å². The molecular weight excluding hydrogens is 266 g/mol. The third-order valence-corrected chi connectivity index (χ3v) is 3.52. The summed E-state index contributed by atoms with van der Waals surface area (Å²) < 4.78 is 11.0. The van der Waals surface area contributed by atoms with Crippen molar-refractivity contribution in [1.29, 1.82) is 0 Å². The lowest BCUT2D eigenvalue weighted by Gasteiger charge is -2.06. The van der Waals surface area contributed by atoms with E-state index in [4.69, 9.17) is 9.15 Å². The van der Waals surface area contributed by atoms with E-state index < -0.39 is 0 Å². The van der Waals surface area contributed by atoms with Crippen molar-refractivity contribution in [3.05, 3.63) is 53.6 Å². The van der Waals surface area contributed by atoms with E-state index in [9.17, 15) is 4.79 Å². The number of rotatable bonds is 5. The third-order valence-electron chi connectivity index (χ3n) is 3.52. The first-order valence-corrected chi connectivity index (χ1v) is 7.10. The Kier molecular flexibility index (Phi) is 3.52. The number of aryl methyl sites for hydroxylation is 1. The minimum Gasteiger partial charge on any atom is -0.493 e. The molecule has 0 atom stereocenters. The molecule has 0 fully saturated rings. The molecule has 108 valence electrons. The molecule has 0 aliphatic rings. The van der Waals surface area contributed by atoms with Gasteiger partial charge in [0, 0.05) is 18.1 Å². The zero-order valence-electron chi connectivity index (χ0n) is 12.1. The van der Waals surface area contributed by atoms with Crippen LogP contribution in [0.5, 0.6) is 5.75 Å².